The molecule has 0 heterocycles. The predicted octanol–water partition coefficient (Wildman–Crippen LogP) is 2.87. The molecule has 0 saturated heterocycles. The standard InChI is InChI=1S/C15H26N2O/c1-6-11-17(12-7-2)14(8-3)10-9-13(4)15(18)16-5/h8-10H,4,6-7,11-12H2,1-3,5H3,(H,16,18)/b10-9-,14-8+. The fourth-order valence-corrected chi connectivity index (χ4v) is 1.72. The van der Waals surface area contributed by atoms with Crippen LogP contribution in [0.15, 0.2) is 36.1 Å². The monoisotopic (exact) mass is 250 g/mol. The molecule has 0 rings (SSSR count). The highest BCUT2D eigenvalue weighted by molar-refractivity contribution is 5.95. The van der Waals surface area contributed by atoms with Gasteiger partial charge in [-0.05, 0) is 31.9 Å². The van der Waals surface area contributed by atoms with Crippen molar-refractivity contribution in [1.29, 1.82) is 0 Å². The molecule has 0 aromatic heterocycles. The van der Waals surface area contributed by atoms with Gasteiger partial charge in [-0.3, -0.25) is 4.79 Å². The van der Waals surface area contributed by atoms with E-state index in [2.05, 4.69) is 36.7 Å². The summed E-state index contributed by atoms with van der Waals surface area (Å²) in [6.07, 6.45) is 8.03. The smallest absolute Gasteiger partial charge is 0.250 e. The Morgan fingerprint density at radius 1 is 1.22 bits per heavy atom. The van der Waals surface area contributed by atoms with Crippen molar-refractivity contribution in [2.75, 3.05) is 20.1 Å². The number of carbonyl (C=O) groups is 1. The third kappa shape index (κ3) is 5.71. The van der Waals surface area contributed by atoms with Crippen LogP contribution >= 0.6 is 0 Å². The van der Waals surface area contributed by atoms with Crippen molar-refractivity contribution in [1.82, 2.24) is 10.2 Å². The SMILES string of the molecule is C=C(/C=C\C(=C/C)N(CCC)CCC)C(=O)NC. The second kappa shape index (κ2) is 9.51. The number of hydrogen-bond acceptors (Lipinski definition) is 2. The van der Waals surface area contributed by atoms with Crippen molar-refractivity contribution in [3.63, 3.8) is 0 Å². The molecule has 0 atom stereocenters. The molecule has 0 unspecified atom stereocenters. The summed E-state index contributed by atoms with van der Waals surface area (Å²) in [5.74, 6) is -0.140. The molecule has 3 nitrogen and oxygen atoms in total. The molecule has 0 aliphatic carbocycles. The van der Waals surface area contributed by atoms with Crippen molar-refractivity contribution in [2.24, 2.45) is 0 Å². The van der Waals surface area contributed by atoms with E-state index >= 15 is 0 Å². The summed E-state index contributed by atoms with van der Waals surface area (Å²) in [4.78, 5) is 13.7. The number of nitrogens with one attached hydrogen (secondary N) is 1. The second-order valence-electron chi connectivity index (χ2n) is 4.14. The van der Waals surface area contributed by atoms with E-state index in [9.17, 15) is 4.79 Å². The van der Waals surface area contributed by atoms with Crippen molar-refractivity contribution in [3.05, 3.63) is 36.1 Å². The minimum Gasteiger partial charge on any atom is -0.372 e. The highest BCUT2D eigenvalue weighted by Gasteiger charge is 2.05. The van der Waals surface area contributed by atoms with Crippen molar-refractivity contribution in [2.45, 2.75) is 33.6 Å². The lowest BCUT2D eigenvalue weighted by Crippen LogP contribution is -2.24. The number of hydrogen-bond donors (Lipinski definition) is 1. The fraction of sp³-hybridized carbons (Fsp3) is 0.533. The summed E-state index contributed by atoms with van der Waals surface area (Å²) in [5.41, 5.74) is 1.62. The molecule has 0 saturated carbocycles. The van der Waals surface area contributed by atoms with Gasteiger partial charge >= 0.3 is 0 Å². The van der Waals surface area contributed by atoms with E-state index < -0.39 is 0 Å². The Hall–Kier alpha value is -1.51. The first-order valence-corrected chi connectivity index (χ1v) is 6.60. The fourth-order valence-electron chi connectivity index (χ4n) is 1.72. The van der Waals surface area contributed by atoms with E-state index in [0.29, 0.717) is 5.57 Å². The van der Waals surface area contributed by atoms with Crippen LogP contribution < -0.4 is 5.32 Å². The lowest BCUT2D eigenvalue weighted by atomic mass is 10.2. The van der Waals surface area contributed by atoms with Crippen LogP contribution in [0.5, 0.6) is 0 Å². The van der Waals surface area contributed by atoms with Crippen molar-refractivity contribution in [3.8, 4) is 0 Å². The maximum Gasteiger partial charge on any atom is 0.250 e. The molecular weight excluding hydrogens is 224 g/mol. The molecule has 0 aliphatic heterocycles. The molecule has 0 bridgehead atoms. The summed E-state index contributed by atoms with van der Waals surface area (Å²) in [7, 11) is 1.61. The zero-order valence-corrected chi connectivity index (χ0v) is 12.1. The van der Waals surface area contributed by atoms with Gasteiger partial charge in [-0.1, -0.05) is 26.5 Å². The van der Waals surface area contributed by atoms with Crippen LogP contribution in [0.1, 0.15) is 33.6 Å². The minimum absolute atomic E-state index is 0.140. The summed E-state index contributed by atoms with van der Waals surface area (Å²) in [6.45, 7) is 12.2. The van der Waals surface area contributed by atoms with E-state index in [1.54, 1.807) is 13.1 Å². The number of likely N-dealkylation sites (N-methyl/N-ethyl adjacent to an activating group) is 1. The second-order valence-corrected chi connectivity index (χ2v) is 4.14. The van der Waals surface area contributed by atoms with Gasteiger partial charge in [0.25, 0.3) is 0 Å². The van der Waals surface area contributed by atoms with Gasteiger partial charge in [0.1, 0.15) is 0 Å². The topological polar surface area (TPSA) is 32.3 Å². The summed E-state index contributed by atoms with van der Waals surface area (Å²) in [5, 5.41) is 2.56. The molecular formula is C15H26N2O. The predicted molar refractivity (Wildman–Crippen MR) is 78.3 cm³/mol. The first kappa shape index (κ1) is 16.5. The first-order chi connectivity index (χ1) is 8.60. The van der Waals surface area contributed by atoms with Crippen LogP contribution in [0, 0.1) is 0 Å². The summed E-state index contributed by atoms with van der Waals surface area (Å²) in [6, 6.07) is 0. The normalized spacial score (nSPS) is 11.7. The Kier molecular flexibility index (Phi) is 8.71. The van der Waals surface area contributed by atoms with Gasteiger partial charge in [0.15, 0.2) is 0 Å². The van der Waals surface area contributed by atoms with Gasteiger partial charge in [-0.25, -0.2) is 0 Å². The Bertz CT molecular complexity index is 323. The largest absolute Gasteiger partial charge is 0.372 e. The molecule has 0 fully saturated rings. The van der Waals surface area contributed by atoms with Gasteiger partial charge in [0, 0.05) is 31.4 Å². The minimum atomic E-state index is -0.140. The molecule has 1 amide bonds. The Morgan fingerprint density at radius 2 is 1.78 bits per heavy atom. The lowest BCUT2D eigenvalue weighted by molar-refractivity contribution is -0.116. The number of amides is 1. The molecule has 102 valence electrons. The highest BCUT2D eigenvalue weighted by atomic mass is 16.1. The Balaban J connectivity index is 4.72. The molecule has 0 aromatic rings. The van der Waals surface area contributed by atoms with Gasteiger partial charge in [0.05, 0.1) is 0 Å². The average Bonchev–Trinajstić information content (AvgIpc) is 2.38. The zero-order valence-electron chi connectivity index (χ0n) is 12.1. The number of allylic oxidation sites excluding steroid dienone is 2. The van der Waals surface area contributed by atoms with E-state index in [1.807, 2.05) is 13.0 Å². The molecule has 0 aromatic carbocycles. The van der Waals surface area contributed by atoms with Gasteiger partial charge in [-0.15, -0.1) is 0 Å². The summed E-state index contributed by atoms with van der Waals surface area (Å²) < 4.78 is 0. The van der Waals surface area contributed by atoms with E-state index in [0.717, 1.165) is 31.6 Å². The Morgan fingerprint density at radius 3 is 2.17 bits per heavy atom. The first-order valence-electron chi connectivity index (χ1n) is 6.60. The van der Waals surface area contributed by atoms with E-state index in [1.165, 1.54) is 0 Å². The van der Waals surface area contributed by atoms with Crippen LogP contribution in [0.2, 0.25) is 0 Å². The average molecular weight is 250 g/mol. The third-order valence-corrected chi connectivity index (χ3v) is 2.62. The number of carbonyl (C=O) groups excluding carboxylic acids is 1. The van der Waals surface area contributed by atoms with Crippen LogP contribution in [0.4, 0.5) is 0 Å². The maximum atomic E-state index is 11.3. The van der Waals surface area contributed by atoms with Crippen LogP contribution in [-0.2, 0) is 4.79 Å². The number of rotatable bonds is 8. The summed E-state index contributed by atoms with van der Waals surface area (Å²) >= 11 is 0. The van der Waals surface area contributed by atoms with E-state index in [-0.39, 0.29) is 5.91 Å². The van der Waals surface area contributed by atoms with Crippen LogP contribution in [0.3, 0.4) is 0 Å². The number of nitrogens with zero attached hydrogens (tertiary/aromatic N) is 1. The van der Waals surface area contributed by atoms with Crippen LogP contribution in [-0.4, -0.2) is 30.9 Å². The molecule has 0 aliphatic rings. The zero-order chi connectivity index (χ0) is 14.0. The van der Waals surface area contributed by atoms with Gasteiger partial charge in [-0.2, -0.15) is 0 Å². The molecule has 3 heteroatoms. The highest BCUT2D eigenvalue weighted by Crippen LogP contribution is 2.09. The van der Waals surface area contributed by atoms with Crippen molar-refractivity contribution >= 4 is 5.91 Å². The lowest BCUT2D eigenvalue weighted by Gasteiger charge is -2.24. The van der Waals surface area contributed by atoms with Gasteiger partial charge in [0.2, 0.25) is 5.91 Å². The third-order valence-electron chi connectivity index (χ3n) is 2.62. The molecule has 18 heavy (non-hydrogen) atoms. The van der Waals surface area contributed by atoms with E-state index in [4.69, 9.17) is 0 Å². The van der Waals surface area contributed by atoms with Crippen LogP contribution in [0.25, 0.3) is 0 Å². The van der Waals surface area contributed by atoms with Gasteiger partial charge < -0.3 is 10.2 Å². The Labute approximate surface area is 111 Å². The quantitative estimate of drug-likeness (QED) is 0.530. The van der Waals surface area contributed by atoms with Crippen molar-refractivity contribution < 1.29 is 4.79 Å². The molecule has 0 radical (unpaired) electrons. The molecule has 0 spiro atoms. The maximum absolute atomic E-state index is 11.3. The molecule has 1 N–H and O–H groups in total.